The quantitative estimate of drug-likeness (QED) is 0.900. The van der Waals surface area contributed by atoms with Crippen LogP contribution >= 0.6 is 0 Å². The maximum absolute atomic E-state index is 10.2. The van der Waals surface area contributed by atoms with Crippen LogP contribution in [0.5, 0.6) is 0 Å². The SMILES string of the molecule is OC1CCCCC1N1CCC(Nc2ccc3nccnc3n2)CC1. The van der Waals surface area contributed by atoms with Gasteiger partial charge in [-0.1, -0.05) is 12.8 Å². The lowest BCUT2D eigenvalue weighted by Gasteiger charge is -2.41. The summed E-state index contributed by atoms with van der Waals surface area (Å²) in [5.74, 6) is 0.874. The number of rotatable bonds is 3. The molecule has 6 nitrogen and oxygen atoms in total. The number of aliphatic hydroxyl groups is 1. The number of piperidine rings is 1. The molecule has 1 saturated heterocycles. The summed E-state index contributed by atoms with van der Waals surface area (Å²) in [5.41, 5.74) is 1.51. The summed E-state index contributed by atoms with van der Waals surface area (Å²) >= 11 is 0. The molecule has 3 heterocycles. The Bertz CT molecular complexity index is 686. The number of hydrogen-bond donors (Lipinski definition) is 2. The average Bonchev–Trinajstić information content (AvgIpc) is 2.63. The van der Waals surface area contributed by atoms with Crippen LogP contribution in [0, 0.1) is 0 Å². The fraction of sp³-hybridized carbons (Fsp3) is 0.611. The van der Waals surface area contributed by atoms with Crippen LogP contribution < -0.4 is 5.32 Å². The summed E-state index contributed by atoms with van der Waals surface area (Å²) in [4.78, 5) is 15.6. The van der Waals surface area contributed by atoms with E-state index in [1.54, 1.807) is 12.4 Å². The van der Waals surface area contributed by atoms with Gasteiger partial charge in [0.2, 0.25) is 0 Å². The third kappa shape index (κ3) is 3.35. The molecule has 0 aromatic carbocycles. The third-order valence-corrected chi connectivity index (χ3v) is 5.38. The van der Waals surface area contributed by atoms with E-state index in [0.29, 0.717) is 17.7 Å². The summed E-state index contributed by atoms with van der Waals surface area (Å²) < 4.78 is 0. The zero-order valence-corrected chi connectivity index (χ0v) is 13.9. The standard InChI is InChI=1S/C18H25N5O/c24-16-4-2-1-3-15(16)23-11-7-13(8-12-23)21-17-6-5-14-18(22-17)20-10-9-19-14/h5-6,9-10,13,15-16,24H,1-4,7-8,11-12H2,(H,20,21,22). The molecule has 2 fully saturated rings. The highest BCUT2D eigenvalue weighted by molar-refractivity contribution is 5.71. The minimum absolute atomic E-state index is 0.135. The smallest absolute Gasteiger partial charge is 0.180 e. The molecule has 4 rings (SSSR count). The summed E-state index contributed by atoms with van der Waals surface area (Å²) in [6.07, 6.45) is 9.93. The van der Waals surface area contributed by atoms with E-state index in [1.807, 2.05) is 12.1 Å². The van der Waals surface area contributed by atoms with Gasteiger partial charge < -0.3 is 10.4 Å². The van der Waals surface area contributed by atoms with Gasteiger partial charge in [-0.05, 0) is 37.8 Å². The summed E-state index contributed by atoms with van der Waals surface area (Å²) in [6.45, 7) is 2.10. The van der Waals surface area contributed by atoms with Gasteiger partial charge in [-0.15, -0.1) is 0 Å². The minimum atomic E-state index is -0.135. The number of fused-ring (bicyclic) bond motifs is 1. The Kier molecular flexibility index (Phi) is 4.58. The lowest BCUT2D eigenvalue weighted by atomic mass is 9.89. The van der Waals surface area contributed by atoms with E-state index in [-0.39, 0.29) is 6.10 Å². The molecular weight excluding hydrogens is 302 g/mol. The molecule has 1 saturated carbocycles. The fourth-order valence-electron chi connectivity index (χ4n) is 4.04. The Hall–Kier alpha value is -1.79. The van der Waals surface area contributed by atoms with Crippen LogP contribution in [0.4, 0.5) is 5.82 Å². The molecule has 0 spiro atoms. The molecule has 2 aromatic heterocycles. The van der Waals surface area contributed by atoms with Crippen LogP contribution in [0.25, 0.3) is 11.2 Å². The van der Waals surface area contributed by atoms with Crippen LogP contribution in [0.3, 0.4) is 0 Å². The highest BCUT2D eigenvalue weighted by Crippen LogP contribution is 2.26. The Balaban J connectivity index is 1.35. The molecule has 2 N–H and O–H groups in total. The van der Waals surface area contributed by atoms with Gasteiger partial charge in [-0.3, -0.25) is 9.88 Å². The van der Waals surface area contributed by atoms with Crippen molar-refractivity contribution in [3.8, 4) is 0 Å². The Morgan fingerprint density at radius 2 is 1.79 bits per heavy atom. The van der Waals surface area contributed by atoms with Gasteiger partial charge in [0.15, 0.2) is 5.65 Å². The van der Waals surface area contributed by atoms with Crippen LogP contribution in [0.15, 0.2) is 24.5 Å². The molecule has 0 bridgehead atoms. The first-order valence-electron chi connectivity index (χ1n) is 9.06. The number of aromatic nitrogens is 3. The van der Waals surface area contributed by atoms with E-state index in [4.69, 9.17) is 0 Å². The van der Waals surface area contributed by atoms with Crippen molar-refractivity contribution in [2.75, 3.05) is 18.4 Å². The maximum Gasteiger partial charge on any atom is 0.180 e. The van der Waals surface area contributed by atoms with Crippen molar-refractivity contribution in [2.24, 2.45) is 0 Å². The van der Waals surface area contributed by atoms with Crippen molar-refractivity contribution in [1.82, 2.24) is 19.9 Å². The monoisotopic (exact) mass is 327 g/mol. The summed E-state index contributed by atoms with van der Waals surface area (Å²) in [7, 11) is 0. The summed E-state index contributed by atoms with van der Waals surface area (Å²) in [5, 5.41) is 13.8. The van der Waals surface area contributed by atoms with Crippen molar-refractivity contribution in [3.63, 3.8) is 0 Å². The lowest BCUT2D eigenvalue weighted by molar-refractivity contribution is 0.00992. The lowest BCUT2D eigenvalue weighted by Crippen LogP contribution is -2.50. The highest BCUT2D eigenvalue weighted by atomic mass is 16.3. The first-order valence-corrected chi connectivity index (χ1v) is 9.06. The second kappa shape index (κ2) is 6.99. The van der Waals surface area contributed by atoms with Crippen LogP contribution in [-0.4, -0.2) is 56.2 Å². The van der Waals surface area contributed by atoms with Crippen LogP contribution in [0.1, 0.15) is 38.5 Å². The molecular formula is C18H25N5O. The van der Waals surface area contributed by atoms with E-state index in [9.17, 15) is 5.11 Å². The second-order valence-corrected chi connectivity index (χ2v) is 6.97. The second-order valence-electron chi connectivity index (χ2n) is 6.97. The number of hydrogen-bond acceptors (Lipinski definition) is 6. The van der Waals surface area contributed by atoms with Gasteiger partial charge in [0.05, 0.1) is 6.10 Å². The van der Waals surface area contributed by atoms with Gasteiger partial charge in [-0.2, -0.15) is 0 Å². The Morgan fingerprint density at radius 3 is 2.62 bits per heavy atom. The van der Waals surface area contributed by atoms with Crippen LogP contribution in [0.2, 0.25) is 0 Å². The van der Waals surface area contributed by atoms with Gasteiger partial charge in [0.1, 0.15) is 11.3 Å². The predicted molar refractivity (Wildman–Crippen MR) is 93.8 cm³/mol. The fourth-order valence-corrected chi connectivity index (χ4v) is 4.04. The zero-order chi connectivity index (χ0) is 16.4. The number of pyridine rings is 1. The van der Waals surface area contributed by atoms with Crippen LogP contribution in [-0.2, 0) is 0 Å². The van der Waals surface area contributed by atoms with Crippen molar-refractivity contribution in [3.05, 3.63) is 24.5 Å². The van der Waals surface area contributed by atoms with Crippen molar-refractivity contribution >= 4 is 17.0 Å². The van der Waals surface area contributed by atoms with Gasteiger partial charge in [-0.25, -0.2) is 9.97 Å². The molecule has 128 valence electrons. The van der Waals surface area contributed by atoms with Gasteiger partial charge in [0, 0.05) is 37.6 Å². The molecule has 2 aromatic rings. The molecule has 24 heavy (non-hydrogen) atoms. The number of nitrogens with one attached hydrogen (secondary N) is 1. The van der Waals surface area contributed by atoms with E-state index in [0.717, 1.165) is 50.1 Å². The normalized spacial score (nSPS) is 26.5. The number of likely N-dealkylation sites (tertiary alicyclic amines) is 1. The minimum Gasteiger partial charge on any atom is -0.391 e. The molecule has 2 unspecified atom stereocenters. The number of nitrogens with zero attached hydrogens (tertiary/aromatic N) is 4. The molecule has 6 heteroatoms. The highest BCUT2D eigenvalue weighted by Gasteiger charge is 2.31. The molecule has 1 aliphatic heterocycles. The first kappa shape index (κ1) is 15.7. The number of aliphatic hydroxyl groups excluding tert-OH is 1. The third-order valence-electron chi connectivity index (χ3n) is 5.38. The first-order chi connectivity index (χ1) is 11.8. The zero-order valence-electron chi connectivity index (χ0n) is 13.9. The molecule has 2 aliphatic rings. The Morgan fingerprint density at radius 1 is 1.00 bits per heavy atom. The molecule has 0 amide bonds. The topological polar surface area (TPSA) is 74.2 Å². The van der Waals surface area contributed by atoms with Crippen molar-refractivity contribution < 1.29 is 5.11 Å². The van der Waals surface area contributed by atoms with E-state index in [2.05, 4.69) is 25.2 Å². The average molecular weight is 327 g/mol. The largest absolute Gasteiger partial charge is 0.391 e. The molecule has 0 radical (unpaired) electrons. The molecule has 1 aliphatic carbocycles. The van der Waals surface area contributed by atoms with Gasteiger partial charge in [0.25, 0.3) is 0 Å². The Labute approximate surface area is 142 Å². The predicted octanol–water partition coefficient (Wildman–Crippen LogP) is 2.20. The van der Waals surface area contributed by atoms with Gasteiger partial charge >= 0.3 is 0 Å². The van der Waals surface area contributed by atoms with Crippen molar-refractivity contribution in [1.29, 1.82) is 0 Å². The number of anilines is 1. The maximum atomic E-state index is 10.2. The van der Waals surface area contributed by atoms with E-state index < -0.39 is 0 Å². The van der Waals surface area contributed by atoms with E-state index >= 15 is 0 Å². The molecule has 2 atom stereocenters. The summed E-state index contributed by atoms with van der Waals surface area (Å²) in [6, 6.07) is 4.75. The van der Waals surface area contributed by atoms with Crippen molar-refractivity contribution in [2.45, 2.75) is 56.7 Å². The van der Waals surface area contributed by atoms with E-state index in [1.165, 1.54) is 12.8 Å².